The summed E-state index contributed by atoms with van der Waals surface area (Å²) < 4.78 is 43.9. The molecule has 2 aromatic heterocycles. The quantitative estimate of drug-likeness (QED) is 0.585. The Morgan fingerprint density at radius 3 is 2.56 bits per heavy atom. The standard InChI is InChI=1S/C21H28F3N7O3/c1-20(2,3)34-19(33)31-8-5-12(6-9-31)16-13(10-28-18(25)30-16)14(32)11-27-15-4-7-26-17(29-15)21(22,23)24/h4,7,10,12,14,32H,5-6,8-9,11H2,1-3H3,(H2,25,28,30)(H,26,27,29). The van der Waals surface area contributed by atoms with Crippen molar-refractivity contribution in [3.8, 4) is 0 Å². The molecule has 1 unspecified atom stereocenters. The van der Waals surface area contributed by atoms with Crippen molar-refractivity contribution in [2.75, 3.05) is 30.7 Å². The van der Waals surface area contributed by atoms with Crippen LogP contribution in [-0.2, 0) is 10.9 Å². The number of nitrogens with one attached hydrogen (secondary N) is 1. The van der Waals surface area contributed by atoms with Gasteiger partial charge in [0.2, 0.25) is 11.8 Å². The molecule has 13 heteroatoms. The number of nitrogen functional groups attached to an aromatic ring is 1. The number of aliphatic hydroxyl groups excluding tert-OH is 1. The number of halogens is 3. The molecule has 1 aliphatic rings. The lowest BCUT2D eigenvalue weighted by Crippen LogP contribution is -2.41. The molecule has 1 saturated heterocycles. The van der Waals surface area contributed by atoms with Crippen LogP contribution in [0, 0.1) is 0 Å². The van der Waals surface area contributed by atoms with Crippen LogP contribution in [0.4, 0.5) is 29.7 Å². The number of nitrogens with two attached hydrogens (primary N) is 1. The Morgan fingerprint density at radius 2 is 1.94 bits per heavy atom. The van der Waals surface area contributed by atoms with Crippen LogP contribution in [0.1, 0.15) is 62.7 Å². The highest BCUT2D eigenvalue weighted by atomic mass is 19.4. The smallest absolute Gasteiger partial charge is 0.444 e. The molecule has 186 valence electrons. The van der Waals surface area contributed by atoms with Crippen LogP contribution in [0.5, 0.6) is 0 Å². The summed E-state index contributed by atoms with van der Waals surface area (Å²) in [5.74, 6) is -1.41. The predicted octanol–water partition coefficient (Wildman–Crippen LogP) is 3.13. The third-order valence-electron chi connectivity index (χ3n) is 5.14. The summed E-state index contributed by atoms with van der Waals surface area (Å²) in [4.78, 5) is 28.9. The Balaban J connectivity index is 1.68. The normalized spacial score (nSPS) is 16.3. The summed E-state index contributed by atoms with van der Waals surface area (Å²) in [6.45, 7) is 6.15. The molecule has 1 aliphatic heterocycles. The third-order valence-corrected chi connectivity index (χ3v) is 5.14. The fourth-order valence-corrected chi connectivity index (χ4v) is 3.57. The van der Waals surface area contributed by atoms with Gasteiger partial charge in [0.25, 0.3) is 0 Å². The highest BCUT2D eigenvalue weighted by Gasteiger charge is 2.35. The number of carbonyl (C=O) groups excluding carboxylic acids is 1. The van der Waals surface area contributed by atoms with E-state index in [4.69, 9.17) is 10.5 Å². The molecule has 1 fully saturated rings. The lowest BCUT2D eigenvalue weighted by molar-refractivity contribution is -0.144. The molecule has 3 rings (SSSR count). The second-order valence-corrected chi connectivity index (χ2v) is 8.97. The number of aliphatic hydroxyl groups is 1. The molecule has 2 aromatic rings. The van der Waals surface area contributed by atoms with Gasteiger partial charge in [0.05, 0.1) is 11.8 Å². The van der Waals surface area contributed by atoms with Gasteiger partial charge in [-0.05, 0) is 39.7 Å². The highest BCUT2D eigenvalue weighted by molar-refractivity contribution is 5.68. The van der Waals surface area contributed by atoms with Crippen molar-refractivity contribution in [1.29, 1.82) is 0 Å². The average molecular weight is 483 g/mol. The van der Waals surface area contributed by atoms with Gasteiger partial charge in [-0.15, -0.1) is 0 Å². The molecule has 1 atom stereocenters. The van der Waals surface area contributed by atoms with E-state index >= 15 is 0 Å². The number of hydrogen-bond donors (Lipinski definition) is 3. The number of anilines is 2. The van der Waals surface area contributed by atoms with Gasteiger partial charge in [-0.3, -0.25) is 0 Å². The van der Waals surface area contributed by atoms with Crippen LogP contribution in [0.3, 0.4) is 0 Å². The van der Waals surface area contributed by atoms with E-state index in [1.54, 1.807) is 25.7 Å². The molecule has 0 spiro atoms. The van der Waals surface area contributed by atoms with Crippen molar-refractivity contribution >= 4 is 17.9 Å². The molecule has 34 heavy (non-hydrogen) atoms. The molecule has 0 aromatic carbocycles. The predicted molar refractivity (Wildman–Crippen MR) is 117 cm³/mol. The van der Waals surface area contributed by atoms with Crippen LogP contribution in [-0.4, -0.2) is 61.3 Å². The summed E-state index contributed by atoms with van der Waals surface area (Å²) in [5.41, 5.74) is 6.13. The van der Waals surface area contributed by atoms with E-state index in [1.807, 2.05) is 0 Å². The first-order valence-corrected chi connectivity index (χ1v) is 10.8. The van der Waals surface area contributed by atoms with Crippen molar-refractivity contribution in [3.05, 3.63) is 35.5 Å². The number of ether oxygens (including phenoxy) is 1. The lowest BCUT2D eigenvalue weighted by atomic mass is 9.89. The zero-order valence-corrected chi connectivity index (χ0v) is 19.1. The van der Waals surface area contributed by atoms with E-state index in [0.717, 1.165) is 6.20 Å². The van der Waals surface area contributed by atoms with Crippen molar-refractivity contribution in [2.45, 2.75) is 57.4 Å². The van der Waals surface area contributed by atoms with Gasteiger partial charge in [0.15, 0.2) is 0 Å². The van der Waals surface area contributed by atoms with E-state index in [-0.39, 0.29) is 30.3 Å². The summed E-state index contributed by atoms with van der Waals surface area (Å²) in [6, 6.07) is 1.27. The van der Waals surface area contributed by atoms with Crippen LogP contribution < -0.4 is 11.1 Å². The molecule has 0 aliphatic carbocycles. The monoisotopic (exact) mass is 483 g/mol. The molecule has 0 radical (unpaired) electrons. The Labute approximate surface area is 194 Å². The van der Waals surface area contributed by atoms with Crippen LogP contribution in [0.15, 0.2) is 18.5 Å². The first-order chi connectivity index (χ1) is 15.8. The maximum atomic E-state index is 12.8. The molecule has 0 bridgehead atoms. The Morgan fingerprint density at radius 1 is 1.26 bits per heavy atom. The maximum absolute atomic E-state index is 12.8. The fraction of sp³-hybridized carbons (Fsp3) is 0.571. The van der Waals surface area contributed by atoms with E-state index in [9.17, 15) is 23.1 Å². The van der Waals surface area contributed by atoms with Gasteiger partial charge < -0.3 is 25.8 Å². The number of likely N-dealkylation sites (tertiary alicyclic amines) is 1. The number of nitrogens with zero attached hydrogens (tertiary/aromatic N) is 5. The summed E-state index contributed by atoms with van der Waals surface area (Å²) in [6.07, 6.45) is -2.66. The first-order valence-electron chi connectivity index (χ1n) is 10.8. The van der Waals surface area contributed by atoms with Crippen LogP contribution in [0.2, 0.25) is 0 Å². The maximum Gasteiger partial charge on any atom is 0.451 e. The second-order valence-electron chi connectivity index (χ2n) is 8.97. The molecule has 4 N–H and O–H groups in total. The zero-order chi connectivity index (χ0) is 25.1. The molecule has 1 amide bonds. The van der Waals surface area contributed by atoms with E-state index < -0.39 is 23.7 Å². The minimum Gasteiger partial charge on any atom is -0.444 e. The van der Waals surface area contributed by atoms with Gasteiger partial charge >= 0.3 is 12.3 Å². The van der Waals surface area contributed by atoms with E-state index in [1.165, 1.54) is 12.3 Å². The molecule has 0 saturated carbocycles. The summed E-state index contributed by atoms with van der Waals surface area (Å²) in [7, 11) is 0. The second kappa shape index (κ2) is 9.95. The number of rotatable bonds is 5. The number of carbonyl (C=O) groups is 1. The van der Waals surface area contributed by atoms with Gasteiger partial charge in [-0.2, -0.15) is 13.2 Å². The zero-order valence-electron chi connectivity index (χ0n) is 19.1. The van der Waals surface area contributed by atoms with Crippen molar-refractivity contribution in [3.63, 3.8) is 0 Å². The van der Waals surface area contributed by atoms with Gasteiger partial charge in [0, 0.05) is 43.5 Å². The Bertz CT molecular complexity index is 1010. The molecule has 3 heterocycles. The third kappa shape index (κ3) is 6.65. The van der Waals surface area contributed by atoms with E-state index in [2.05, 4.69) is 25.3 Å². The topological polar surface area (TPSA) is 139 Å². The highest BCUT2D eigenvalue weighted by Crippen LogP contribution is 2.32. The van der Waals surface area contributed by atoms with Gasteiger partial charge in [-0.25, -0.2) is 24.7 Å². The molecule has 10 nitrogen and oxygen atoms in total. The van der Waals surface area contributed by atoms with Crippen molar-refractivity contribution < 1.29 is 27.8 Å². The first kappa shape index (κ1) is 25.4. The van der Waals surface area contributed by atoms with Crippen LogP contribution >= 0.6 is 0 Å². The Kier molecular flexibility index (Phi) is 7.44. The molecular weight excluding hydrogens is 455 g/mol. The lowest BCUT2D eigenvalue weighted by Gasteiger charge is -2.34. The van der Waals surface area contributed by atoms with Crippen LogP contribution in [0.25, 0.3) is 0 Å². The van der Waals surface area contributed by atoms with Crippen molar-refractivity contribution in [1.82, 2.24) is 24.8 Å². The average Bonchev–Trinajstić information content (AvgIpc) is 2.76. The largest absolute Gasteiger partial charge is 0.451 e. The number of piperidine rings is 1. The Hall–Kier alpha value is -3.22. The fourth-order valence-electron chi connectivity index (χ4n) is 3.57. The minimum absolute atomic E-state index is 0.0408. The minimum atomic E-state index is -4.68. The van der Waals surface area contributed by atoms with Gasteiger partial charge in [0.1, 0.15) is 11.4 Å². The van der Waals surface area contributed by atoms with Crippen molar-refractivity contribution in [2.24, 2.45) is 0 Å². The summed E-state index contributed by atoms with van der Waals surface area (Å²) in [5, 5.41) is 13.4. The number of aromatic nitrogens is 4. The van der Waals surface area contributed by atoms with E-state index in [0.29, 0.717) is 37.2 Å². The number of alkyl halides is 3. The van der Waals surface area contributed by atoms with Gasteiger partial charge in [-0.1, -0.05) is 0 Å². The number of amides is 1. The molecular formula is C21H28F3N7O3. The number of hydrogen-bond acceptors (Lipinski definition) is 9. The SMILES string of the molecule is CC(C)(C)OC(=O)N1CCC(c2nc(N)ncc2C(O)CNc2ccnc(C(F)(F)F)n2)CC1. The summed E-state index contributed by atoms with van der Waals surface area (Å²) >= 11 is 0.